The van der Waals surface area contributed by atoms with Crippen molar-refractivity contribution >= 4 is 23.2 Å². The molecule has 0 atom stereocenters. The molecule has 6 heteroatoms. The quantitative estimate of drug-likeness (QED) is 0.922. The van der Waals surface area contributed by atoms with Gasteiger partial charge in [0.1, 0.15) is 5.75 Å². The lowest BCUT2D eigenvalue weighted by Gasteiger charge is -2.08. The summed E-state index contributed by atoms with van der Waals surface area (Å²) in [7, 11) is 1.53. The van der Waals surface area contributed by atoms with Gasteiger partial charge >= 0.3 is 0 Å². The Balaban J connectivity index is 1.87. The predicted octanol–water partition coefficient (Wildman–Crippen LogP) is 3.07. The van der Waals surface area contributed by atoms with Crippen LogP contribution in [-0.4, -0.2) is 24.6 Å². The number of rotatable bonds is 5. The average Bonchev–Trinajstić information content (AvgIpc) is 2.49. The van der Waals surface area contributed by atoms with Crippen LogP contribution in [0.1, 0.15) is 5.56 Å². The molecule has 0 aliphatic heterocycles. The van der Waals surface area contributed by atoms with Crippen LogP contribution in [-0.2, 0) is 4.79 Å². The van der Waals surface area contributed by atoms with Gasteiger partial charge in [0.15, 0.2) is 6.61 Å². The number of hydrogen-bond acceptors (Lipinski definition) is 4. The van der Waals surface area contributed by atoms with Gasteiger partial charge in [-0.3, -0.25) is 4.79 Å². The second-order valence-corrected chi connectivity index (χ2v) is 4.74. The molecule has 1 aromatic carbocycles. The Kier molecular flexibility index (Phi) is 5.00. The molecule has 1 N–H and O–H groups in total. The summed E-state index contributed by atoms with van der Waals surface area (Å²) in [6, 6.07) is 8.61. The van der Waals surface area contributed by atoms with E-state index >= 15 is 0 Å². The maximum atomic E-state index is 11.8. The molecule has 0 saturated heterocycles. The standard InChI is InChI=1S/C15H15ClN2O3/c1-10-7-12(4-5-13(10)16)21-9-14(19)18-11-3-6-15(20-2)17-8-11/h3-8H,9H2,1-2H3,(H,18,19). The number of aryl methyl sites for hydroxylation is 1. The van der Waals surface area contributed by atoms with Crippen LogP contribution in [0.3, 0.4) is 0 Å². The zero-order valence-corrected chi connectivity index (χ0v) is 12.5. The predicted molar refractivity (Wildman–Crippen MR) is 81.1 cm³/mol. The molecular formula is C15H15ClN2O3. The van der Waals surface area contributed by atoms with Crippen LogP contribution in [0.2, 0.25) is 5.02 Å². The number of ether oxygens (including phenoxy) is 2. The summed E-state index contributed by atoms with van der Waals surface area (Å²) >= 11 is 5.92. The van der Waals surface area contributed by atoms with E-state index in [9.17, 15) is 4.79 Å². The topological polar surface area (TPSA) is 60.5 Å². The Morgan fingerprint density at radius 3 is 2.76 bits per heavy atom. The molecule has 0 unspecified atom stereocenters. The molecule has 0 aliphatic carbocycles. The Bertz CT molecular complexity index is 629. The second-order valence-electron chi connectivity index (χ2n) is 4.34. The first-order valence-electron chi connectivity index (χ1n) is 6.27. The van der Waals surface area contributed by atoms with Crippen LogP contribution in [0.15, 0.2) is 36.5 Å². The molecule has 0 radical (unpaired) electrons. The van der Waals surface area contributed by atoms with Crippen molar-refractivity contribution in [1.29, 1.82) is 0 Å². The van der Waals surface area contributed by atoms with Crippen molar-refractivity contribution in [3.05, 3.63) is 47.1 Å². The molecule has 1 heterocycles. The Hall–Kier alpha value is -2.27. The number of anilines is 1. The third-order valence-corrected chi connectivity index (χ3v) is 3.15. The van der Waals surface area contributed by atoms with Gasteiger partial charge in [0.25, 0.3) is 5.91 Å². The highest BCUT2D eigenvalue weighted by molar-refractivity contribution is 6.31. The van der Waals surface area contributed by atoms with Crippen molar-refractivity contribution in [3.8, 4) is 11.6 Å². The maximum Gasteiger partial charge on any atom is 0.262 e. The van der Waals surface area contributed by atoms with Crippen LogP contribution in [0, 0.1) is 6.92 Å². The fourth-order valence-electron chi connectivity index (χ4n) is 1.63. The van der Waals surface area contributed by atoms with Gasteiger partial charge in [-0.05, 0) is 36.8 Å². The summed E-state index contributed by atoms with van der Waals surface area (Å²) in [5.41, 5.74) is 1.48. The average molecular weight is 307 g/mol. The fraction of sp³-hybridized carbons (Fsp3) is 0.200. The summed E-state index contributed by atoms with van der Waals surface area (Å²) in [5.74, 6) is 0.815. The molecule has 0 aliphatic rings. The molecule has 21 heavy (non-hydrogen) atoms. The third kappa shape index (κ3) is 4.36. The van der Waals surface area contributed by atoms with E-state index in [1.807, 2.05) is 6.92 Å². The van der Waals surface area contributed by atoms with E-state index < -0.39 is 0 Å². The van der Waals surface area contributed by atoms with Gasteiger partial charge in [-0.25, -0.2) is 4.98 Å². The molecule has 5 nitrogen and oxygen atoms in total. The number of amides is 1. The van der Waals surface area contributed by atoms with E-state index in [4.69, 9.17) is 21.1 Å². The molecular weight excluding hydrogens is 292 g/mol. The van der Waals surface area contributed by atoms with E-state index in [0.29, 0.717) is 22.3 Å². The number of pyridine rings is 1. The Morgan fingerprint density at radius 1 is 1.33 bits per heavy atom. The molecule has 0 fully saturated rings. The highest BCUT2D eigenvalue weighted by atomic mass is 35.5. The molecule has 0 saturated carbocycles. The van der Waals surface area contributed by atoms with Gasteiger partial charge in [0.05, 0.1) is 19.0 Å². The van der Waals surface area contributed by atoms with Crippen molar-refractivity contribution in [2.75, 3.05) is 19.0 Å². The fourth-order valence-corrected chi connectivity index (χ4v) is 1.75. The first-order chi connectivity index (χ1) is 10.1. The van der Waals surface area contributed by atoms with E-state index in [1.165, 1.54) is 13.3 Å². The summed E-state index contributed by atoms with van der Waals surface area (Å²) in [5, 5.41) is 3.34. The lowest BCUT2D eigenvalue weighted by Crippen LogP contribution is -2.20. The van der Waals surface area contributed by atoms with Crippen LogP contribution < -0.4 is 14.8 Å². The first-order valence-corrected chi connectivity index (χ1v) is 6.65. The first kappa shape index (κ1) is 15.1. The lowest BCUT2D eigenvalue weighted by molar-refractivity contribution is -0.118. The summed E-state index contributed by atoms with van der Waals surface area (Å²) in [4.78, 5) is 15.8. The van der Waals surface area contributed by atoms with E-state index in [1.54, 1.807) is 30.3 Å². The number of hydrogen-bond donors (Lipinski definition) is 1. The second kappa shape index (κ2) is 6.95. The molecule has 0 bridgehead atoms. The smallest absolute Gasteiger partial charge is 0.262 e. The van der Waals surface area contributed by atoms with Crippen molar-refractivity contribution in [2.45, 2.75) is 6.92 Å². The SMILES string of the molecule is COc1ccc(NC(=O)COc2ccc(Cl)c(C)c2)cn1. The molecule has 2 rings (SSSR count). The molecule has 1 aromatic heterocycles. The lowest BCUT2D eigenvalue weighted by atomic mass is 10.2. The number of methoxy groups -OCH3 is 1. The highest BCUT2D eigenvalue weighted by Crippen LogP contribution is 2.21. The number of carbonyl (C=O) groups is 1. The van der Waals surface area contributed by atoms with Gasteiger partial charge in [0, 0.05) is 11.1 Å². The van der Waals surface area contributed by atoms with E-state index in [2.05, 4.69) is 10.3 Å². The van der Waals surface area contributed by atoms with Gasteiger partial charge in [-0.15, -0.1) is 0 Å². The van der Waals surface area contributed by atoms with Gasteiger partial charge in [0.2, 0.25) is 5.88 Å². The van der Waals surface area contributed by atoms with Crippen molar-refractivity contribution in [2.24, 2.45) is 0 Å². The van der Waals surface area contributed by atoms with Crippen molar-refractivity contribution in [1.82, 2.24) is 4.98 Å². The normalized spacial score (nSPS) is 10.0. The van der Waals surface area contributed by atoms with Crippen LogP contribution in [0.4, 0.5) is 5.69 Å². The number of benzene rings is 1. The zero-order valence-electron chi connectivity index (χ0n) is 11.7. The summed E-state index contributed by atoms with van der Waals surface area (Å²) < 4.78 is 10.3. The van der Waals surface area contributed by atoms with Gasteiger partial charge in [-0.1, -0.05) is 11.6 Å². The molecule has 0 spiro atoms. The monoisotopic (exact) mass is 306 g/mol. The minimum atomic E-state index is -0.269. The maximum absolute atomic E-state index is 11.8. The van der Waals surface area contributed by atoms with Crippen LogP contribution in [0.25, 0.3) is 0 Å². The minimum Gasteiger partial charge on any atom is -0.484 e. The van der Waals surface area contributed by atoms with Crippen molar-refractivity contribution < 1.29 is 14.3 Å². The number of aromatic nitrogens is 1. The summed E-state index contributed by atoms with van der Waals surface area (Å²) in [6.45, 7) is 1.78. The zero-order chi connectivity index (χ0) is 15.2. The number of halogens is 1. The highest BCUT2D eigenvalue weighted by Gasteiger charge is 2.05. The van der Waals surface area contributed by atoms with Gasteiger partial charge < -0.3 is 14.8 Å². The van der Waals surface area contributed by atoms with E-state index in [-0.39, 0.29) is 12.5 Å². The number of nitrogens with one attached hydrogen (secondary N) is 1. The minimum absolute atomic E-state index is 0.0902. The molecule has 110 valence electrons. The molecule has 2 aromatic rings. The van der Waals surface area contributed by atoms with E-state index in [0.717, 1.165) is 5.56 Å². The van der Waals surface area contributed by atoms with Gasteiger partial charge in [-0.2, -0.15) is 0 Å². The largest absolute Gasteiger partial charge is 0.484 e. The van der Waals surface area contributed by atoms with Crippen LogP contribution >= 0.6 is 11.6 Å². The van der Waals surface area contributed by atoms with Crippen molar-refractivity contribution in [3.63, 3.8) is 0 Å². The molecule has 1 amide bonds. The van der Waals surface area contributed by atoms with Crippen LogP contribution in [0.5, 0.6) is 11.6 Å². The Labute approximate surface area is 127 Å². The Morgan fingerprint density at radius 2 is 2.14 bits per heavy atom. The summed E-state index contributed by atoms with van der Waals surface area (Å²) in [6.07, 6.45) is 1.52. The number of nitrogens with zero attached hydrogens (tertiary/aromatic N) is 1. The third-order valence-electron chi connectivity index (χ3n) is 2.73. The number of carbonyl (C=O) groups excluding carboxylic acids is 1.